The van der Waals surface area contributed by atoms with Crippen LogP contribution >= 0.6 is 15.9 Å². The lowest BCUT2D eigenvalue weighted by Crippen LogP contribution is -2.51. The van der Waals surface area contributed by atoms with Gasteiger partial charge in [0.15, 0.2) is 11.5 Å². The van der Waals surface area contributed by atoms with Gasteiger partial charge < -0.3 is 19.7 Å². The van der Waals surface area contributed by atoms with Crippen LogP contribution in [0.1, 0.15) is 43.4 Å². The first kappa shape index (κ1) is 33.9. The van der Waals surface area contributed by atoms with Crippen LogP contribution in [0.15, 0.2) is 70.0 Å². The van der Waals surface area contributed by atoms with Gasteiger partial charge in [0.2, 0.25) is 11.8 Å². The number of aryl methyl sites for hydroxylation is 2. The van der Waals surface area contributed by atoms with Crippen molar-refractivity contribution >= 4 is 43.5 Å². The van der Waals surface area contributed by atoms with E-state index in [0.717, 1.165) is 38.3 Å². The van der Waals surface area contributed by atoms with Gasteiger partial charge in [0.1, 0.15) is 12.6 Å². The molecule has 0 aromatic heterocycles. The number of nitrogens with one attached hydrogen (secondary N) is 1. The highest BCUT2D eigenvalue weighted by Gasteiger charge is 2.33. The number of carbonyl (C=O) groups is 2. The van der Waals surface area contributed by atoms with Crippen LogP contribution in [0.25, 0.3) is 0 Å². The van der Waals surface area contributed by atoms with E-state index in [2.05, 4.69) is 21.2 Å². The van der Waals surface area contributed by atoms with Crippen LogP contribution in [0, 0.1) is 13.8 Å². The van der Waals surface area contributed by atoms with Gasteiger partial charge in [-0.25, -0.2) is 8.42 Å². The van der Waals surface area contributed by atoms with Crippen molar-refractivity contribution in [2.45, 2.75) is 58.0 Å². The maximum absolute atomic E-state index is 14.2. The number of ether oxygens (including phenoxy) is 2. The van der Waals surface area contributed by atoms with Gasteiger partial charge in [0.25, 0.3) is 10.0 Å². The molecule has 232 valence electrons. The number of unbranched alkanes of at least 4 members (excludes halogenated alkanes) is 1. The smallest absolute Gasteiger partial charge is 0.264 e. The molecule has 0 aliphatic heterocycles. The lowest BCUT2D eigenvalue weighted by Gasteiger charge is -2.32. The van der Waals surface area contributed by atoms with Crippen LogP contribution in [0.5, 0.6) is 11.5 Å². The second-order valence-corrected chi connectivity index (χ2v) is 13.1. The van der Waals surface area contributed by atoms with E-state index in [-0.39, 0.29) is 23.1 Å². The number of carbonyl (C=O) groups excluding carboxylic acids is 2. The summed E-state index contributed by atoms with van der Waals surface area (Å²) in [6.45, 7) is 7.49. The lowest BCUT2D eigenvalue weighted by molar-refractivity contribution is -0.139. The van der Waals surface area contributed by atoms with Crippen LogP contribution in [-0.2, 0) is 26.2 Å². The first-order valence-electron chi connectivity index (χ1n) is 14.1. The van der Waals surface area contributed by atoms with E-state index in [1.807, 2.05) is 51.1 Å². The third-order valence-corrected chi connectivity index (χ3v) is 9.28. The van der Waals surface area contributed by atoms with Gasteiger partial charge in [-0.15, -0.1) is 0 Å². The van der Waals surface area contributed by atoms with Gasteiger partial charge in [-0.3, -0.25) is 13.9 Å². The molecule has 11 heteroatoms. The number of sulfonamides is 1. The number of nitrogens with zero attached hydrogens (tertiary/aromatic N) is 2. The Hall–Kier alpha value is -3.57. The molecule has 0 saturated carbocycles. The van der Waals surface area contributed by atoms with Crippen molar-refractivity contribution < 1.29 is 27.5 Å². The quantitative estimate of drug-likeness (QED) is 0.223. The van der Waals surface area contributed by atoms with Gasteiger partial charge >= 0.3 is 0 Å². The van der Waals surface area contributed by atoms with Crippen LogP contribution in [0.4, 0.5) is 5.69 Å². The topological polar surface area (TPSA) is 105 Å². The molecule has 43 heavy (non-hydrogen) atoms. The maximum Gasteiger partial charge on any atom is 0.264 e. The molecule has 0 saturated heterocycles. The van der Waals surface area contributed by atoms with Crippen molar-refractivity contribution in [2.24, 2.45) is 0 Å². The van der Waals surface area contributed by atoms with Gasteiger partial charge in [-0.05, 0) is 80.3 Å². The number of amides is 2. The minimum Gasteiger partial charge on any atom is -0.493 e. The predicted octanol–water partition coefficient (Wildman–Crippen LogP) is 5.61. The van der Waals surface area contributed by atoms with Gasteiger partial charge in [0.05, 0.1) is 24.8 Å². The Morgan fingerprint density at radius 1 is 0.930 bits per heavy atom. The summed E-state index contributed by atoms with van der Waals surface area (Å²) in [5.41, 5.74) is 2.81. The Labute approximate surface area is 263 Å². The van der Waals surface area contributed by atoms with Crippen molar-refractivity contribution in [3.8, 4) is 11.5 Å². The normalized spacial score (nSPS) is 11.9. The number of anilines is 1. The second-order valence-electron chi connectivity index (χ2n) is 10.3. The number of halogens is 1. The van der Waals surface area contributed by atoms with E-state index in [1.54, 1.807) is 19.1 Å². The summed E-state index contributed by atoms with van der Waals surface area (Å²) >= 11 is 3.43. The average Bonchev–Trinajstić information content (AvgIpc) is 2.98. The third-order valence-electron chi connectivity index (χ3n) is 6.98. The van der Waals surface area contributed by atoms with Crippen molar-refractivity contribution in [3.63, 3.8) is 0 Å². The van der Waals surface area contributed by atoms with Crippen molar-refractivity contribution in [3.05, 3.63) is 81.8 Å². The molecule has 3 aromatic carbocycles. The van der Waals surface area contributed by atoms with Gasteiger partial charge in [-0.2, -0.15) is 0 Å². The Balaban J connectivity index is 2.08. The summed E-state index contributed by atoms with van der Waals surface area (Å²) < 4.78 is 41.1. The molecule has 0 fully saturated rings. The summed E-state index contributed by atoms with van der Waals surface area (Å²) in [5, 5.41) is 2.90. The molecule has 9 nitrogen and oxygen atoms in total. The highest BCUT2D eigenvalue weighted by molar-refractivity contribution is 9.10. The predicted molar refractivity (Wildman–Crippen MR) is 172 cm³/mol. The van der Waals surface area contributed by atoms with E-state index >= 15 is 0 Å². The van der Waals surface area contributed by atoms with Crippen molar-refractivity contribution in [1.29, 1.82) is 0 Å². The van der Waals surface area contributed by atoms with Crippen molar-refractivity contribution in [2.75, 3.05) is 31.6 Å². The van der Waals surface area contributed by atoms with Crippen molar-refractivity contribution in [1.82, 2.24) is 10.2 Å². The third kappa shape index (κ3) is 8.73. The molecule has 3 rings (SSSR count). The van der Waals surface area contributed by atoms with Crippen LogP contribution < -0.4 is 19.1 Å². The number of hydrogen-bond acceptors (Lipinski definition) is 6. The van der Waals surface area contributed by atoms with Crippen LogP contribution in [0.3, 0.4) is 0 Å². The monoisotopic (exact) mass is 673 g/mol. The Morgan fingerprint density at radius 2 is 1.56 bits per heavy atom. The largest absolute Gasteiger partial charge is 0.493 e. The zero-order valence-corrected chi connectivity index (χ0v) is 27.9. The fourth-order valence-corrected chi connectivity index (χ4v) is 6.31. The highest BCUT2D eigenvalue weighted by Crippen LogP contribution is 2.33. The first-order chi connectivity index (χ1) is 20.4. The molecule has 1 N–H and O–H groups in total. The molecule has 0 radical (unpaired) electrons. The lowest BCUT2D eigenvalue weighted by atomic mass is 10.1. The first-order valence-corrected chi connectivity index (χ1v) is 16.3. The van der Waals surface area contributed by atoms with E-state index in [4.69, 9.17) is 9.47 Å². The zero-order chi connectivity index (χ0) is 31.7. The Kier molecular flexibility index (Phi) is 12.0. The molecule has 1 atom stereocenters. The fraction of sp³-hybridized carbons (Fsp3) is 0.375. The van der Waals surface area contributed by atoms with E-state index in [9.17, 15) is 18.0 Å². The van der Waals surface area contributed by atoms with E-state index in [1.165, 1.54) is 37.3 Å². The summed E-state index contributed by atoms with van der Waals surface area (Å²) in [6, 6.07) is 16.2. The minimum atomic E-state index is -4.27. The number of rotatable bonds is 14. The minimum absolute atomic E-state index is 0.0677. The number of hydrogen-bond donors (Lipinski definition) is 1. The van der Waals surface area contributed by atoms with Gasteiger partial charge in [0, 0.05) is 23.6 Å². The molecule has 0 aliphatic rings. The molecular formula is C32H40BrN3O6S. The van der Waals surface area contributed by atoms with E-state index < -0.39 is 28.5 Å². The van der Waals surface area contributed by atoms with E-state index in [0.29, 0.717) is 18.0 Å². The van der Waals surface area contributed by atoms with Gasteiger partial charge in [-0.1, -0.05) is 47.5 Å². The van der Waals surface area contributed by atoms with Crippen LogP contribution in [-0.4, -0.2) is 58.5 Å². The summed E-state index contributed by atoms with van der Waals surface area (Å²) in [7, 11) is -1.38. The van der Waals surface area contributed by atoms with Crippen LogP contribution in [0.2, 0.25) is 0 Å². The molecule has 0 spiro atoms. The average molecular weight is 675 g/mol. The Morgan fingerprint density at radius 3 is 2.14 bits per heavy atom. The standard InChI is InChI=1S/C32H40BrN3O6S/c1-7-8-15-34-32(38)24(4)35(20-25-9-11-26(33)12-10-25)31(37)21-36(27-17-22(2)16-23(3)18-27)43(39,40)28-13-14-29(41-5)30(19-28)42-6/h9-14,16-19,24H,7-8,15,20-21H2,1-6H3,(H,34,38)/t24-/m0/s1. The molecule has 2 amide bonds. The zero-order valence-electron chi connectivity index (χ0n) is 25.5. The summed E-state index contributed by atoms with van der Waals surface area (Å²) in [4.78, 5) is 28.6. The molecular weight excluding hydrogens is 634 g/mol. The highest BCUT2D eigenvalue weighted by atomic mass is 79.9. The molecule has 0 unspecified atom stereocenters. The maximum atomic E-state index is 14.2. The fourth-order valence-electron chi connectivity index (χ4n) is 4.63. The molecule has 0 bridgehead atoms. The SMILES string of the molecule is CCCCNC(=O)[C@H](C)N(Cc1ccc(Br)cc1)C(=O)CN(c1cc(C)cc(C)c1)S(=O)(=O)c1ccc(OC)c(OC)c1. The Bertz CT molecular complexity index is 1510. The number of benzene rings is 3. The molecule has 3 aromatic rings. The summed E-state index contributed by atoms with van der Waals surface area (Å²) in [5.74, 6) is -0.215. The molecule has 0 heterocycles. The molecule has 0 aliphatic carbocycles. The summed E-state index contributed by atoms with van der Waals surface area (Å²) in [6.07, 6.45) is 1.72. The number of methoxy groups -OCH3 is 2. The second kappa shape index (κ2) is 15.2.